The second-order valence-electron chi connectivity index (χ2n) is 8.25. The van der Waals surface area contributed by atoms with E-state index in [1.165, 1.54) is 0 Å². The van der Waals surface area contributed by atoms with Crippen LogP contribution >= 0.6 is 0 Å². The molecule has 2 heterocycles. The first-order chi connectivity index (χ1) is 16.8. The van der Waals surface area contributed by atoms with Crippen molar-refractivity contribution in [2.45, 2.75) is 26.2 Å². The molecule has 0 unspecified atom stereocenters. The van der Waals surface area contributed by atoms with Gasteiger partial charge in [-0.15, -0.1) is 52.6 Å². The molecule has 2 rings (SSSR count). The monoisotopic (exact) mass is 632 g/mol. The third-order valence-corrected chi connectivity index (χ3v) is 31.0. The third kappa shape index (κ3) is 9.90. The van der Waals surface area contributed by atoms with E-state index in [0.29, 0.717) is 0 Å². The highest BCUT2D eigenvalue weighted by atomic mass is 28.5. The first-order valence-corrected chi connectivity index (χ1v) is 27.3. The second kappa shape index (κ2) is 14.5. The fourth-order valence-electron chi connectivity index (χ4n) is 3.13. The van der Waals surface area contributed by atoms with E-state index in [-0.39, 0.29) is 0 Å². The van der Waals surface area contributed by atoms with Crippen molar-refractivity contribution in [3.05, 3.63) is 98.2 Å². The molecule has 2 aliphatic rings. The minimum atomic E-state index is -2.60. The van der Waals surface area contributed by atoms with Gasteiger partial charge in [0.2, 0.25) is 0 Å². The van der Waals surface area contributed by atoms with Crippen LogP contribution in [0.4, 0.5) is 0 Å². The molecule has 36 heavy (non-hydrogen) atoms. The lowest BCUT2D eigenvalue weighted by Gasteiger charge is -2.46. The molecule has 0 aromatic carbocycles. The molecule has 0 atom stereocenters. The Morgan fingerprint density at radius 2 is 0.556 bits per heavy atom. The zero-order valence-corrected chi connectivity index (χ0v) is 30.5. The summed E-state index contributed by atoms with van der Waals surface area (Å²) in [4.78, 5) is 0. The number of rotatable bonds is 8. The van der Waals surface area contributed by atoms with E-state index >= 15 is 0 Å². The molecule has 0 aromatic heterocycles. The van der Waals surface area contributed by atoms with Gasteiger partial charge < -0.3 is 32.9 Å². The molecule has 8 nitrogen and oxygen atoms in total. The van der Waals surface area contributed by atoms with E-state index in [9.17, 15) is 0 Å². The Bertz CT molecular complexity index is 704. The van der Waals surface area contributed by atoms with Gasteiger partial charge in [-0.3, -0.25) is 0 Å². The Kier molecular flexibility index (Phi) is 13.4. The summed E-state index contributed by atoms with van der Waals surface area (Å²) in [5, 5.41) is 0. The Hall–Kier alpha value is -0.665. The van der Waals surface area contributed by atoms with Crippen molar-refractivity contribution >= 4 is 71.4 Å². The predicted octanol–water partition coefficient (Wildman–Crippen LogP) is 3.10. The Balaban J connectivity index is 0.000000369. The van der Waals surface area contributed by atoms with Crippen molar-refractivity contribution in [2.24, 2.45) is 0 Å². The standard InChI is InChI=1S/C12H24O4Si4.C8H16O4Si4/c1-9-17(5)13-18(6,10-2)15-20(8,12-4)16-19(7,11-3)14-17;1-5-13-9-14(6-2)11-16(8-4)12-15(7-3)10-13/h9-12H,1-4H2,5-8H3;5-8,13-16H,1-4H2. The van der Waals surface area contributed by atoms with E-state index < -0.39 is 71.4 Å². The molecule has 0 amide bonds. The van der Waals surface area contributed by atoms with Crippen LogP contribution in [-0.4, -0.2) is 71.4 Å². The molecule has 0 spiro atoms. The van der Waals surface area contributed by atoms with Crippen LogP contribution in [0.25, 0.3) is 0 Å². The van der Waals surface area contributed by atoms with Gasteiger partial charge in [0, 0.05) is 0 Å². The van der Waals surface area contributed by atoms with Crippen LogP contribution in [0.2, 0.25) is 26.2 Å². The third-order valence-electron chi connectivity index (χ3n) is 4.95. The van der Waals surface area contributed by atoms with Crippen molar-refractivity contribution in [1.82, 2.24) is 0 Å². The molecule has 200 valence electrons. The molecular formula is C20H40O8Si8. The van der Waals surface area contributed by atoms with Gasteiger partial charge in [0.15, 0.2) is 0 Å². The minimum absolute atomic E-state index is 1.72. The van der Waals surface area contributed by atoms with Gasteiger partial charge in [0.05, 0.1) is 0 Å². The summed E-state index contributed by atoms with van der Waals surface area (Å²) in [5.74, 6) is 0. The normalized spacial score (nSPS) is 41.2. The molecule has 2 aliphatic heterocycles. The lowest BCUT2D eigenvalue weighted by atomic mass is 11.3. The molecule has 0 bridgehead atoms. The number of hydrogen-bond donors (Lipinski definition) is 0. The maximum absolute atomic E-state index is 6.25. The van der Waals surface area contributed by atoms with Crippen LogP contribution in [-0.2, 0) is 32.9 Å². The Morgan fingerprint density at radius 3 is 0.667 bits per heavy atom. The molecule has 2 fully saturated rings. The zero-order chi connectivity index (χ0) is 27.6. The molecule has 2 saturated heterocycles. The van der Waals surface area contributed by atoms with Crippen LogP contribution in [0.1, 0.15) is 0 Å². The van der Waals surface area contributed by atoms with Crippen molar-refractivity contribution in [3.8, 4) is 0 Å². The number of hydrogen-bond acceptors (Lipinski definition) is 8. The van der Waals surface area contributed by atoms with Crippen molar-refractivity contribution < 1.29 is 32.9 Å². The van der Waals surface area contributed by atoms with Crippen LogP contribution < -0.4 is 0 Å². The molecular weight excluding hydrogens is 593 g/mol. The topological polar surface area (TPSA) is 73.8 Å². The summed E-state index contributed by atoms with van der Waals surface area (Å²) >= 11 is 0. The van der Waals surface area contributed by atoms with Gasteiger partial charge in [0.1, 0.15) is 0 Å². The van der Waals surface area contributed by atoms with E-state index in [1.54, 1.807) is 45.6 Å². The van der Waals surface area contributed by atoms with Crippen LogP contribution in [0.3, 0.4) is 0 Å². The molecule has 0 radical (unpaired) electrons. The largest absolute Gasteiger partial charge is 0.414 e. The highest BCUT2D eigenvalue weighted by Crippen LogP contribution is 2.32. The second-order valence-corrected chi connectivity index (χ2v) is 30.5. The molecule has 16 heteroatoms. The quantitative estimate of drug-likeness (QED) is 0.378. The van der Waals surface area contributed by atoms with E-state index in [0.717, 1.165) is 0 Å². The van der Waals surface area contributed by atoms with Crippen LogP contribution in [0, 0.1) is 0 Å². The molecule has 0 saturated carbocycles. The summed E-state index contributed by atoms with van der Waals surface area (Å²) in [7, 11) is -17.9. The van der Waals surface area contributed by atoms with E-state index in [2.05, 4.69) is 52.6 Å². The van der Waals surface area contributed by atoms with Gasteiger partial charge >= 0.3 is 71.4 Å². The van der Waals surface area contributed by atoms with Crippen molar-refractivity contribution in [3.63, 3.8) is 0 Å². The van der Waals surface area contributed by atoms with Gasteiger partial charge in [-0.1, -0.05) is 45.6 Å². The maximum Gasteiger partial charge on any atom is 0.344 e. The molecule has 0 N–H and O–H groups in total. The SMILES string of the molecule is C=C[SiH]1O[SiH](C=C)O[SiH](C=C)O[SiH](C=C)O1.C=C[Si]1(C)O[Si](C)(C=C)O[Si](C)(C=C)O[Si](C)(C=C)O1. The highest BCUT2D eigenvalue weighted by Gasteiger charge is 2.53. The fourth-order valence-corrected chi connectivity index (χ4v) is 32.0. The van der Waals surface area contributed by atoms with Crippen LogP contribution in [0.5, 0.6) is 0 Å². The summed E-state index contributed by atoms with van der Waals surface area (Å²) in [6, 6.07) is 0. The summed E-state index contributed by atoms with van der Waals surface area (Å²) in [5.41, 5.74) is 13.9. The molecule has 0 aromatic rings. The van der Waals surface area contributed by atoms with Crippen LogP contribution in [0.15, 0.2) is 98.2 Å². The maximum atomic E-state index is 6.25. The first-order valence-electron chi connectivity index (χ1n) is 11.3. The smallest absolute Gasteiger partial charge is 0.344 e. The lowest BCUT2D eigenvalue weighted by Crippen LogP contribution is -2.65. The highest BCUT2D eigenvalue weighted by molar-refractivity contribution is 6.98. The summed E-state index contributed by atoms with van der Waals surface area (Å²) < 4.78 is 48.0. The predicted molar refractivity (Wildman–Crippen MR) is 165 cm³/mol. The van der Waals surface area contributed by atoms with Crippen molar-refractivity contribution in [1.29, 1.82) is 0 Å². The van der Waals surface area contributed by atoms with Gasteiger partial charge in [0.25, 0.3) is 0 Å². The van der Waals surface area contributed by atoms with E-state index in [1.807, 2.05) is 26.2 Å². The minimum Gasteiger partial charge on any atom is -0.414 e. The average molecular weight is 633 g/mol. The first kappa shape index (κ1) is 33.4. The van der Waals surface area contributed by atoms with Gasteiger partial charge in [-0.05, 0) is 26.2 Å². The average Bonchev–Trinajstić information content (AvgIpc) is 2.83. The van der Waals surface area contributed by atoms with Gasteiger partial charge in [-0.2, -0.15) is 0 Å². The lowest BCUT2D eigenvalue weighted by molar-refractivity contribution is 0.250. The Morgan fingerprint density at radius 1 is 0.389 bits per heavy atom. The molecule has 0 aliphatic carbocycles. The fraction of sp³-hybridized carbons (Fsp3) is 0.200. The Labute approximate surface area is 227 Å². The zero-order valence-electron chi connectivity index (χ0n) is 21.9. The van der Waals surface area contributed by atoms with Gasteiger partial charge in [-0.25, -0.2) is 0 Å². The summed E-state index contributed by atoms with van der Waals surface area (Å²) in [6.45, 7) is 38.0. The van der Waals surface area contributed by atoms with E-state index in [4.69, 9.17) is 32.9 Å². The van der Waals surface area contributed by atoms with Crippen molar-refractivity contribution in [2.75, 3.05) is 0 Å². The summed E-state index contributed by atoms with van der Waals surface area (Å²) in [6.07, 6.45) is 0.